The minimum atomic E-state index is 0.597. The van der Waals surface area contributed by atoms with Crippen molar-refractivity contribution >= 4 is 11.8 Å². The molecule has 1 rings (SSSR count). The maximum atomic E-state index is 3.17. The number of nitrogens with one attached hydrogen (secondary N) is 1. The Balaban J connectivity index is 0.000000291. The fourth-order valence-corrected chi connectivity index (χ4v) is 1.41. The number of hydrogen-bond acceptors (Lipinski definition) is 2. The van der Waals surface area contributed by atoms with E-state index in [1.165, 1.54) is 4.91 Å². The Kier molecular flexibility index (Phi) is 4.68. The summed E-state index contributed by atoms with van der Waals surface area (Å²) in [4.78, 5) is 1.38. The Morgan fingerprint density at radius 1 is 1.56 bits per heavy atom. The summed E-state index contributed by atoms with van der Waals surface area (Å²) in [5, 5.41) is 3.77. The summed E-state index contributed by atoms with van der Waals surface area (Å²) in [6, 6.07) is 0. The monoisotopic (exact) mass is 145 g/mol. The van der Waals surface area contributed by atoms with Gasteiger partial charge in [0.1, 0.15) is 0 Å². The van der Waals surface area contributed by atoms with Crippen LogP contribution in [0.25, 0.3) is 0 Å². The summed E-state index contributed by atoms with van der Waals surface area (Å²) in [6.07, 6.45) is 2.05. The molecule has 1 unspecified atom stereocenters. The van der Waals surface area contributed by atoms with Crippen LogP contribution in [0.5, 0.6) is 0 Å². The third kappa shape index (κ3) is 3.46. The molecule has 9 heavy (non-hydrogen) atoms. The number of thioether (sulfide) groups is 1. The van der Waals surface area contributed by atoms with Crippen LogP contribution in [0.1, 0.15) is 27.7 Å². The van der Waals surface area contributed by atoms with Gasteiger partial charge in [0.15, 0.2) is 0 Å². The van der Waals surface area contributed by atoms with E-state index in [0.29, 0.717) is 5.37 Å². The summed E-state index contributed by atoms with van der Waals surface area (Å²) in [6.45, 7) is 8.26. The second kappa shape index (κ2) is 4.74. The zero-order valence-electron chi connectivity index (χ0n) is 6.56. The molecule has 0 saturated carbocycles. The molecule has 0 aromatic carbocycles. The predicted molar refractivity (Wildman–Crippen MR) is 45.3 cm³/mol. The van der Waals surface area contributed by atoms with Crippen LogP contribution in [0.2, 0.25) is 0 Å². The Labute approximate surface area is 61.9 Å². The Hall–Kier alpha value is -0.110. The molecule has 0 fully saturated rings. The molecule has 0 aromatic rings. The van der Waals surface area contributed by atoms with Crippen molar-refractivity contribution in [2.24, 2.45) is 0 Å². The zero-order chi connectivity index (χ0) is 7.28. The van der Waals surface area contributed by atoms with Crippen molar-refractivity contribution in [2.75, 3.05) is 0 Å². The van der Waals surface area contributed by atoms with Gasteiger partial charge < -0.3 is 5.32 Å². The zero-order valence-corrected chi connectivity index (χ0v) is 7.38. The normalized spacial score (nSPS) is 23.6. The van der Waals surface area contributed by atoms with E-state index in [1.54, 1.807) is 0 Å². The van der Waals surface area contributed by atoms with Crippen LogP contribution >= 0.6 is 11.8 Å². The number of hydrogen-bond donors (Lipinski definition) is 1. The Morgan fingerprint density at radius 3 is 2.22 bits per heavy atom. The van der Waals surface area contributed by atoms with E-state index in [4.69, 9.17) is 0 Å². The predicted octanol–water partition coefficient (Wildman–Crippen LogP) is 2.56. The van der Waals surface area contributed by atoms with Crippen molar-refractivity contribution in [2.45, 2.75) is 33.1 Å². The van der Waals surface area contributed by atoms with Gasteiger partial charge in [-0.15, -0.1) is 11.8 Å². The lowest BCUT2D eigenvalue weighted by molar-refractivity contribution is 0.873. The highest BCUT2D eigenvalue weighted by molar-refractivity contribution is 8.03. The fourth-order valence-electron chi connectivity index (χ4n) is 0.582. The SMILES string of the molecule is CC.CC1=CNC(C)S1. The molecular formula is C7H15NS. The van der Waals surface area contributed by atoms with Gasteiger partial charge in [-0.05, 0) is 18.8 Å². The maximum absolute atomic E-state index is 3.17. The molecule has 1 aliphatic rings. The molecule has 54 valence electrons. The van der Waals surface area contributed by atoms with Gasteiger partial charge in [0, 0.05) is 6.20 Å². The van der Waals surface area contributed by atoms with Crippen LogP contribution in [-0.2, 0) is 0 Å². The standard InChI is InChI=1S/C5H9NS.C2H6/c1-4-3-6-5(2)7-4;1-2/h3,5-6H,1-2H3;1-2H3. The van der Waals surface area contributed by atoms with Crippen LogP contribution in [0.3, 0.4) is 0 Å². The molecule has 1 N–H and O–H groups in total. The van der Waals surface area contributed by atoms with Crippen LogP contribution in [0.15, 0.2) is 11.1 Å². The molecule has 2 heteroatoms. The minimum absolute atomic E-state index is 0.597. The molecule has 0 radical (unpaired) electrons. The smallest absolute Gasteiger partial charge is 0.0733 e. The van der Waals surface area contributed by atoms with Crippen molar-refractivity contribution in [1.82, 2.24) is 5.32 Å². The van der Waals surface area contributed by atoms with Crippen LogP contribution in [0, 0.1) is 0 Å². The van der Waals surface area contributed by atoms with Crippen molar-refractivity contribution in [3.05, 3.63) is 11.1 Å². The van der Waals surface area contributed by atoms with E-state index < -0.39 is 0 Å². The Bertz CT molecular complexity index is 99.1. The van der Waals surface area contributed by atoms with Crippen molar-refractivity contribution in [1.29, 1.82) is 0 Å². The van der Waals surface area contributed by atoms with Crippen molar-refractivity contribution < 1.29 is 0 Å². The van der Waals surface area contributed by atoms with Crippen LogP contribution in [-0.4, -0.2) is 5.37 Å². The Morgan fingerprint density at radius 2 is 2.11 bits per heavy atom. The van der Waals surface area contributed by atoms with Crippen molar-refractivity contribution in [3.8, 4) is 0 Å². The van der Waals surface area contributed by atoms with Gasteiger partial charge >= 0.3 is 0 Å². The molecule has 0 saturated heterocycles. The van der Waals surface area contributed by atoms with Crippen LogP contribution in [0.4, 0.5) is 0 Å². The average molecular weight is 145 g/mol. The van der Waals surface area contributed by atoms with E-state index in [-0.39, 0.29) is 0 Å². The quantitative estimate of drug-likeness (QED) is 0.562. The van der Waals surface area contributed by atoms with Gasteiger partial charge in [0.05, 0.1) is 5.37 Å². The third-order valence-electron chi connectivity index (χ3n) is 0.884. The summed E-state index contributed by atoms with van der Waals surface area (Å²) in [5.41, 5.74) is 0. The van der Waals surface area contributed by atoms with Crippen LogP contribution < -0.4 is 5.32 Å². The van der Waals surface area contributed by atoms with Crippen molar-refractivity contribution in [3.63, 3.8) is 0 Å². The minimum Gasteiger partial charge on any atom is -0.379 e. The first-order valence-corrected chi connectivity index (χ1v) is 4.26. The lowest BCUT2D eigenvalue weighted by atomic mass is 10.6. The lowest BCUT2D eigenvalue weighted by Gasteiger charge is -1.97. The molecule has 1 heterocycles. The number of rotatable bonds is 0. The molecule has 1 nitrogen and oxygen atoms in total. The molecule has 0 amide bonds. The molecule has 0 spiro atoms. The fraction of sp³-hybridized carbons (Fsp3) is 0.714. The van der Waals surface area contributed by atoms with E-state index in [1.807, 2.05) is 25.6 Å². The first kappa shape index (κ1) is 8.89. The highest BCUT2D eigenvalue weighted by atomic mass is 32.2. The highest BCUT2D eigenvalue weighted by Gasteiger charge is 2.05. The van der Waals surface area contributed by atoms with E-state index in [9.17, 15) is 0 Å². The van der Waals surface area contributed by atoms with E-state index in [2.05, 4.69) is 25.4 Å². The van der Waals surface area contributed by atoms with Gasteiger partial charge in [0.2, 0.25) is 0 Å². The summed E-state index contributed by atoms with van der Waals surface area (Å²) in [7, 11) is 0. The first-order chi connectivity index (χ1) is 4.29. The first-order valence-electron chi connectivity index (χ1n) is 3.38. The third-order valence-corrected chi connectivity index (χ3v) is 1.86. The summed E-state index contributed by atoms with van der Waals surface area (Å²) >= 11 is 1.87. The van der Waals surface area contributed by atoms with E-state index >= 15 is 0 Å². The van der Waals surface area contributed by atoms with Gasteiger partial charge in [-0.1, -0.05) is 13.8 Å². The van der Waals surface area contributed by atoms with Gasteiger partial charge in [-0.25, -0.2) is 0 Å². The molecule has 1 aliphatic heterocycles. The second-order valence-electron chi connectivity index (χ2n) is 1.68. The highest BCUT2D eigenvalue weighted by Crippen LogP contribution is 2.23. The lowest BCUT2D eigenvalue weighted by Crippen LogP contribution is -2.09. The number of allylic oxidation sites excluding steroid dienone is 1. The van der Waals surface area contributed by atoms with Gasteiger partial charge in [-0.2, -0.15) is 0 Å². The van der Waals surface area contributed by atoms with Gasteiger partial charge in [0.25, 0.3) is 0 Å². The van der Waals surface area contributed by atoms with E-state index in [0.717, 1.165) is 0 Å². The topological polar surface area (TPSA) is 12.0 Å². The molecule has 0 aromatic heterocycles. The second-order valence-corrected chi connectivity index (χ2v) is 3.27. The molecule has 0 aliphatic carbocycles. The maximum Gasteiger partial charge on any atom is 0.0733 e. The summed E-state index contributed by atoms with van der Waals surface area (Å²) in [5.74, 6) is 0. The molecule has 0 bridgehead atoms. The molecule has 1 atom stereocenters. The molecular weight excluding hydrogens is 130 g/mol. The van der Waals surface area contributed by atoms with Gasteiger partial charge in [-0.3, -0.25) is 0 Å². The summed E-state index contributed by atoms with van der Waals surface area (Å²) < 4.78 is 0. The average Bonchev–Trinajstić information content (AvgIpc) is 2.20. The largest absolute Gasteiger partial charge is 0.379 e.